The Morgan fingerprint density at radius 3 is 2.32 bits per heavy atom. The molecule has 1 fully saturated rings. The molecule has 0 amide bonds. The Morgan fingerprint density at radius 2 is 1.68 bits per heavy atom. The van der Waals surface area contributed by atoms with Gasteiger partial charge in [-0.2, -0.15) is 4.31 Å². The van der Waals surface area contributed by atoms with E-state index in [0.29, 0.717) is 18.0 Å². The number of hydrogen-bond acceptors (Lipinski definition) is 4. The standard InChI is InChI=1S/C19H23NO4S/c1-14-6-8-15(9-7-14)17-5-4-12-20(17)25(21,22)16-10-11-18(23-2)19(13-16)24-3/h6-11,13,17H,4-5,12H2,1-3H3. The minimum absolute atomic E-state index is 0.126. The second-order valence-electron chi connectivity index (χ2n) is 6.20. The molecule has 0 aromatic heterocycles. The molecule has 2 aromatic carbocycles. The molecule has 25 heavy (non-hydrogen) atoms. The van der Waals surface area contributed by atoms with Crippen molar-refractivity contribution in [2.24, 2.45) is 0 Å². The van der Waals surface area contributed by atoms with E-state index >= 15 is 0 Å². The van der Waals surface area contributed by atoms with Crippen molar-refractivity contribution in [3.8, 4) is 11.5 Å². The lowest BCUT2D eigenvalue weighted by molar-refractivity contribution is 0.353. The van der Waals surface area contributed by atoms with Gasteiger partial charge in [-0.25, -0.2) is 8.42 Å². The van der Waals surface area contributed by atoms with E-state index in [1.54, 1.807) is 16.4 Å². The maximum absolute atomic E-state index is 13.2. The van der Waals surface area contributed by atoms with Gasteiger partial charge in [-0.15, -0.1) is 0 Å². The number of ether oxygens (including phenoxy) is 2. The van der Waals surface area contributed by atoms with Gasteiger partial charge in [0.15, 0.2) is 11.5 Å². The zero-order valence-corrected chi connectivity index (χ0v) is 15.5. The summed E-state index contributed by atoms with van der Waals surface area (Å²) in [5, 5.41) is 0. The maximum Gasteiger partial charge on any atom is 0.243 e. The Balaban J connectivity index is 1.97. The Kier molecular flexibility index (Phi) is 5.01. The van der Waals surface area contributed by atoms with E-state index in [9.17, 15) is 8.42 Å². The first-order chi connectivity index (χ1) is 12.0. The summed E-state index contributed by atoms with van der Waals surface area (Å²) in [6.07, 6.45) is 1.68. The van der Waals surface area contributed by atoms with Crippen LogP contribution in [0.15, 0.2) is 47.4 Å². The van der Waals surface area contributed by atoms with Crippen molar-refractivity contribution in [2.75, 3.05) is 20.8 Å². The molecule has 0 N–H and O–H groups in total. The fourth-order valence-electron chi connectivity index (χ4n) is 3.26. The molecule has 0 bridgehead atoms. The third-order valence-electron chi connectivity index (χ3n) is 4.63. The van der Waals surface area contributed by atoms with Gasteiger partial charge in [0.2, 0.25) is 10.0 Å². The number of nitrogens with zero attached hydrogens (tertiary/aromatic N) is 1. The number of rotatable bonds is 5. The van der Waals surface area contributed by atoms with Gasteiger partial charge >= 0.3 is 0 Å². The molecule has 0 spiro atoms. The van der Waals surface area contributed by atoms with Crippen LogP contribution in [0.25, 0.3) is 0 Å². The van der Waals surface area contributed by atoms with E-state index < -0.39 is 10.0 Å². The summed E-state index contributed by atoms with van der Waals surface area (Å²) >= 11 is 0. The normalized spacial score (nSPS) is 18.3. The Morgan fingerprint density at radius 1 is 1.00 bits per heavy atom. The van der Waals surface area contributed by atoms with Crippen LogP contribution in [0.4, 0.5) is 0 Å². The molecule has 3 rings (SSSR count). The van der Waals surface area contributed by atoms with E-state index in [1.165, 1.54) is 20.3 Å². The van der Waals surface area contributed by atoms with Crippen LogP contribution in [-0.2, 0) is 10.0 Å². The van der Waals surface area contributed by atoms with Crippen molar-refractivity contribution in [1.82, 2.24) is 4.31 Å². The van der Waals surface area contributed by atoms with Gasteiger partial charge in [0, 0.05) is 12.6 Å². The summed E-state index contributed by atoms with van der Waals surface area (Å²) in [6, 6.07) is 12.7. The highest BCUT2D eigenvalue weighted by Crippen LogP contribution is 2.38. The van der Waals surface area contributed by atoms with Crippen LogP contribution in [0, 0.1) is 6.92 Å². The summed E-state index contributed by atoms with van der Waals surface area (Å²) in [5.74, 6) is 0.924. The average Bonchev–Trinajstić information content (AvgIpc) is 3.12. The van der Waals surface area contributed by atoms with Crippen LogP contribution >= 0.6 is 0 Å². The second-order valence-corrected chi connectivity index (χ2v) is 8.09. The van der Waals surface area contributed by atoms with E-state index in [2.05, 4.69) is 0 Å². The maximum atomic E-state index is 13.2. The zero-order valence-electron chi connectivity index (χ0n) is 14.7. The molecule has 2 aromatic rings. The van der Waals surface area contributed by atoms with Crippen LogP contribution in [0.5, 0.6) is 11.5 Å². The van der Waals surface area contributed by atoms with Crippen LogP contribution in [0.1, 0.15) is 30.0 Å². The van der Waals surface area contributed by atoms with E-state index in [-0.39, 0.29) is 10.9 Å². The quantitative estimate of drug-likeness (QED) is 0.817. The number of sulfonamides is 1. The summed E-state index contributed by atoms with van der Waals surface area (Å²) < 4.78 is 38.4. The van der Waals surface area contributed by atoms with Gasteiger partial charge in [-0.1, -0.05) is 29.8 Å². The fraction of sp³-hybridized carbons (Fsp3) is 0.368. The largest absolute Gasteiger partial charge is 0.493 e. The Labute approximate surface area is 149 Å². The van der Waals surface area contributed by atoms with Gasteiger partial charge in [-0.05, 0) is 37.5 Å². The molecule has 1 heterocycles. The second kappa shape index (κ2) is 7.06. The molecule has 1 aliphatic heterocycles. The highest BCUT2D eigenvalue weighted by Gasteiger charge is 2.36. The average molecular weight is 361 g/mol. The van der Waals surface area contributed by atoms with Crippen LogP contribution in [0.2, 0.25) is 0 Å². The lowest BCUT2D eigenvalue weighted by Gasteiger charge is -2.25. The summed E-state index contributed by atoms with van der Waals surface area (Å²) in [5.41, 5.74) is 2.20. The Hall–Kier alpha value is -2.05. The molecule has 1 aliphatic rings. The molecule has 0 saturated carbocycles. The highest BCUT2D eigenvalue weighted by atomic mass is 32.2. The first-order valence-corrected chi connectivity index (χ1v) is 9.72. The highest BCUT2D eigenvalue weighted by molar-refractivity contribution is 7.89. The van der Waals surface area contributed by atoms with Crippen molar-refractivity contribution in [1.29, 1.82) is 0 Å². The molecular formula is C19H23NO4S. The van der Waals surface area contributed by atoms with Gasteiger partial charge < -0.3 is 9.47 Å². The SMILES string of the molecule is COc1ccc(S(=O)(=O)N2CCCC2c2ccc(C)cc2)cc1OC. The topological polar surface area (TPSA) is 55.8 Å². The third-order valence-corrected chi connectivity index (χ3v) is 6.53. The lowest BCUT2D eigenvalue weighted by Crippen LogP contribution is -2.30. The van der Waals surface area contributed by atoms with Gasteiger partial charge in [-0.3, -0.25) is 0 Å². The van der Waals surface area contributed by atoms with Crippen molar-refractivity contribution >= 4 is 10.0 Å². The van der Waals surface area contributed by atoms with Crippen LogP contribution in [-0.4, -0.2) is 33.5 Å². The van der Waals surface area contributed by atoms with Crippen LogP contribution < -0.4 is 9.47 Å². The molecular weight excluding hydrogens is 338 g/mol. The molecule has 5 nitrogen and oxygen atoms in total. The summed E-state index contributed by atoms with van der Waals surface area (Å²) in [6.45, 7) is 2.55. The van der Waals surface area contributed by atoms with Crippen molar-refractivity contribution in [3.05, 3.63) is 53.6 Å². The minimum atomic E-state index is -3.61. The Bertz CT molecular complexity index is 846. The first-order valence-electron chi connectivity index (χ1n) is 8.28. The number of hydrogen-bond donors (Lipinski definition) is 0. The first kappa shape index (κ1) is 17.8. The van der Waals surface area contributed by atoms with Gasteiger partial charge in [0.25, 0.3) is 0 Å². The van der Waals surface area contributed by atoms with E-state index in [0.717, 1.165) is 24.0 Å². The molecule has 6 heteroatoms. The number of methoxy groups -OCH3 is 2. The minimum Gasteiger partial charge on any atom is -0.493 e. The predicted octanol–water partition coefficient (Wildman–Crippen LogP) is 3.54. The van der Waals surface area contributed by atoms with E-state index in [1.807, 2.05) is 31.2 Å². The zero-order chi connectivity index (χ0) is 18.0. The number of aryl methyl sites for hydroxylation is 1. The smallest absolute Gasteiger partial charge is 0.243 e. The molecule has 0 radical (unpaired) electrons. The fourth-order valence-corrected chi connectivity index (χ4v) is 4.96. The van der Waals surface area contributed by atoms with Gasteiger partial charge in [0.1, 0.15) is 0 Å². The molecule has 134 valence electrons. The molecule has 0 aliphatic carbocycles. The monoisotopic (exact) mass is 361 g/mol. The molecule has 1 atom stereocenters. The molecule has 1 saturated heterocycles. The summed E-state index contributed by atoms with van der Waals surface area (Å²) in [4.78, 5) is 0.226. The third kappa shape index (κ3) is 3.37. The summed E-state index contributed by atoms with van der Waals surface area (Å²) in [7, 11) is -0.579. The van der Waals surface area contributed by atoms with Crippen molar-refractivity contribution in [2.45, 2.75) is 30.7 Å². The van der Waals surface area contributed by atoms with Crippen molar-refractivity contribution < 1.29 is 17.9 Å². The lowest BCUT2D eigenvalue weighted by atomic mass is 10.0. The predicted molar refractivity (Wildman–Crippen MR) is 96.6 cm³/mol. The van der Waals surface area contributed by atoms with Crippen LogP contribution in [0.3, 0.4) is 0 Å². The number of benzene rings is 2. The van der Waals surface area contributed by atoms with Gasteiger partial charge in [0.05, 0.1) is 25.2 Å². The van der Waals surface area contributed by atoms with Crippen molar-refractivity contribution in [3.63, 3.8) is 0 Å². The van der Waals surface area contributed by atoms with E-state index in [4.69, 9.17) is 9.47 Å². The molecule has 1 unspecified atom stereocenters.